The lowest BCUT2D eigenvalue weighted by Gasteiger charge is -2.30. The van der Waals surface area contributed by atoms with Crippen molar-refractivity contribution in [3.63, 3.8) is 0 Å². The SMILES string of the molecule is CCNC(=NCc1nc(C)c(C)s1)NCC(c1ccccc1OC)N1CCCC1. The lowest BCUT2D eigenvalue weighted by molar-refractivity contribution is 0.239. The number of nitrogens with zero attached hydrogens (tertiary/aromatic N) is 3. The van der Waals surface area contributed by atoms with Crippen LogP contribution in [-0.2, 0) is 6.54 Å². The zero-order valence-electron chi connectivity index (χ0n) is 18.0. The summed E-state index contributed by atoms with van der Waals surface area (Å²) in [5.74, 6) is 1.78. The summed E-state index contributed by atoms with van der Waals surface area (Å²) in [6.07, 6.45) is 2.51. The lowest BCUT2D eigenvalue weighted by atomic mass is 10.0. The molecule has 1 aliphatic rings. The van der Waals surface area contributed by atoms with Crippen molar-refractivity contribution in [2.24, 2.45) is 4.99 Å². The normalized spacial score (nSPS) is 16.1. The summed E-state index contributed by atoms with van der Waals surface area (Å²) in [7, 11) is 1.75. The Morgan fingerprint density at radius 2 is 2.00 bits per heavy atom. The molecule has 2 N–H and O–H groups in total. The van der Waals surface area contributed by atoms with E-state index in [2.05, 4.69) is 53.4 Å². The number of aliphatic imine (C=N–C) groups is 1. The molecule has 29 heavy (non-hydrogen) atoms. The van der Waals surface area contributed by atoms with Crippen LogP contribution < -0.4 is 15.4 Å². The van der Waals surface area contributed by atoms with Crippen LogP contribution in [0, 0.1) is 13.8 Å². The second kappa shape index (κ2) is 10.6. The molecule has 0 saturated carbocycles. The fourth-order valence-corrected chi connectivity index (χ4v) is 4.58. The predicted molar refractivity (Wildman–Crippen MR) is 121 cm³/mol. The predicted octanol–water partition coefficient (Wildman–Crippen LogP) is 3.66. The van der Waals surface area contributed by atoms with Crippen LogP contribution in [0.25, 0.3) is 0 Å². The van der Waals surface area contributed by atoms with Gasteiger partial charge >= 0.3 is 0 Å². The smallest absolute Gasteiger partial charge is 0.191 e. The first-order valence-corrected chi connectivity index (χ1v) is 11.3. The fourth-order valence-electron chi connectivity index (χ4n) is 3.72. The number of thiazole rings is 1. The molecule has 1 aromatic heterocycles. The molecule has 1 aromatic carbocycles. The van der Waals surface area contributed by atoms with Crippen LogP contribution in [0.1, 0.15) is 46.9 Å². The molecule has 0 bridgehead atoms. The van der Waals surface area contributed by atoms with Gasteiger partial charge in [0.25, 0.3) is 0 Å². The lowest BCUT2D eigenvalue weighted by Crippen LogP contribution is -2.42. The summed E-state index contributed by atoms with van der Waals surface area (Å²) in [6, 6.07) is 8.59. The van der Waals surface area contributed by atoms with Gasteiger partial charge < -0.3 is 15.4 Å². The molecule has 7 heteroatoms. The Morgan fingerprint density at radius 1 is 1.24 bits per heavy atom. The third-order valence-corrected chi connectivity index (χ3v) is 6.39. The highest BCUT2D eigenvalue weighted by atomic mass is 32.1. The maximum absolute atomic E-state index is 5.65. The second-order valence-electron chi connectivity index (χ2n) is 7.33. The van der Waals surface area contributed by atoms with Gasteiger partial charge in [-0.15, -0.1) is 11.3 Å². The number of para-hydroxylation sites is 1. The molecule has 0 amide bonds. The molecule has 1 atom stereocenters. The Bertz CT molecular complexity index is 794. The van der Waals surface area contributed by atoms with Crippen molar-refractivity contribution in [2.75, 3.05) is 33.3 Å². The summed E-state index contributed by atoms with van der Waals surface area (Å²) >= 11 is 1.72. The van der Waals surface area contributed by atoms with Crippen molar-refractivity contribution >= 4 is 17.3 Å². The van der Waals surface area contributed by atoms with Crippen LogP contribution in [0.2, 0.25) is 0 Å². The van der Waals surface area contributed by atoms with Gasteiger partial charge in [0.1, 0.15) is 10.8 Å². The maximum Gasteiger partial charge on any atom is 0.191 e. The Morgan fingerprint density at radius 3 is 2.66 bits per heavy atom. The molecule has 3 rings (SSSR count). The van der Waals surface area contributed by atoms with Crippen LogP contribution in [0.5, 0.6) is 5.75 Å². The van der Waals surface area contributed by atoms with Crippen molar-refractivity contribution in [2.45, 2.75) is 46.2 Å². The van der Waals surface area contributed by atoms with Crippen LogP contribution in [0.3, 0.4) is 0 Å². The van der Waals surface area contributed by atoms with Gasteiger partial charge in [0.05, 0.1) is 25.4 Å². The van der Waals surface area contributed by atoms with E-state index in [-0.39, 0.29) is 6.04 Å². The van der Waals surface area contributed by atoms with Gasteiger partial charge in [0, 0.05) is 23.5 Å². The first-order valence-electron chi connectivity index (χ1n) is 10.4. The van der Waals surface area contributed by atoms with E-state index >= 15 is 0 Å². The van der Waals surface area contributed by atoms with Gasteiger partial charge in [-0.25, -0.2) is 9.98 Å². The maximum atomic E-state index is 5.65. The Balaban J connectivity index is 1.73. The Labute approximate surface area is 178 Å². The van der Waals surface area contributed by atoms with Crippen LogP contribution in [0.15, 0.2) is 29.3 Å². The molecule has 1 aliphatic heterocycles. The van der Waals surface area contributed by atoms with Crippen molar-refractivity contribution in [3.8, 4) is 5.75 Å². The number of hydrogen-bond acceptors (Lipinski definition) is 5. The molecule has 6 nitrogen and oxygen atoms in total. The number of aromatic nitrogens is 1. The third kappa shape index (κ3) is 5.70. The molecular weight excluding hydrogens is 382 g/mol. The number of nitrogens with one attached hydrogen (secondary N) is 2. The number of methoxy groups -OCH3 is 1. The largest absolute Gasteiger partial charge is 0.496 e. The summed E-state index contributed by atoms with van der Waals surface area (Å²) in [5, 5.41) is 7.98. The molecule has 0 radical (unpaired) electrons. The molecule has 1 unspecified atom stereocenters. The molecule has 0 aliphatic carbocycles. The minimum Gasteiger partial charge on any atom is -0.496 e. The third-order valence-electron chi connectivity index (χ3n) is 5.33. The van der Waals surface area contributed by atoms with E-state index in [4.69, 9.17) is 9.73 Å². The zero-order valence-corrected chi connectivity index (χ0v) is 18.8. The average molecular weight is 416 g/mol. The van der Waals surface area contributed by atoms with E-state index in [1.165, 1.54) is 23.3 Å². The second-order valence-corrected chi connectivity index (χ2v) is 8.61. The van der Waals surface area contributed by atoms with Gasteiger partial charge in [0.2, 0.25) is 0 Å². The average Bonchev–Trinajstić information content (AvgIpc) is 3.37. The minimum absolute atomic E-state index is 0.252. The van der Waals surface area contributed by atoms with E-state index in [0.717, 1.165) is 48.6 Å². The Hall–Kier alpha value is -2.12. The molecule has 2 aromatic rings. The number of rotatable bonds is 8. The van der Waals surface area contributed by atoms with Gasteiger partial charge in [-0.05, 0) is 52.8 Å². The van der Waals surface area contributed by atoms with E-state index in [0.29, 0.717) is 6.54 Å². The van der Waals surface area contributed by atoms with Gasteiger partial charge in [-0.1, -0.05) is 18.2 Å². The van der Waals surface area contributed by atoms with E-state index in [1.54, 1.807) is 18.4 Å². The molecule has 2 heterocycles. The summed E-state index contributed by atoms with van der Waals surface area (Å²) in [5.41, 5.74) is 2.33. The number of guanidine groups is 1. The number of ether oxygens (including phenoxy) is 1. The Kier molecular flexibility index (Phi) is 7.89. The quantitative estimate of drug-likeness (QED) is 0.509. The molecular formula is C22H33N5OS. The van der Waals surface area contributed by atoms with Crippen molar-refractivity contribution < 1.29 is 4.74 Å². The monoisotopic (exact) mass is 415 g/mol. The van der Waals surface area contributed by atoms with Crippen LogP contribution >= 0.6 is 11.3 Å². The van der Waals surface area contributed by atoms with Gasteiger partial charge in [-0.2, -0.15) is 0 Å². The highest BCUT2D eigenvalue weighted by Gasteiger charge is 2.26. The first-order chi connectivity index (χ1) is 14.1. The van der Waals surface area contributed by atoms with Crippen molar-refractivity contribution in [1.82, 2.24) is 20.5 Å². The molecule has 1 fully saturated rings. The molecule has 158 valence electrons. The fraction of sp³-hybridized carbons (Fsp3) is 0.545. The van der Waals surface area contributed by atoms with E-state index in [9.17, 15) is 0 Å². The van der Waals surface area contributed by atoms with E-state index in [1.807, 2.05) is 12.1 Å². The number of hydrogen-bond donors (Lipinski definition) is 2. The molecule has 1 saturated heterocycles. The van der Waals surface area contributed by atoms with Gasteiger partial charge in [0.15, 0.2) is 5.96 Å². The van der Waals surface area contributed by atoms with Gasteiger partial charge in [-0.3, -0.25) is 4.90 Å². The van der Waals surface area contributed by atoms with Crippen molar-refractivity contribution in [3.05, 3.63) is 45.4 Å². The van der Waals surface area contributed by atoms with Crippen LogP contribution in [0.4, 0.5) is 0 Å². The summed E-state index contributed by atoms with van der Waals surface area (Å²) in [4.78, 5) is 13.2. The minimum atomic E-state index is 0.252. The zero-order chi connectivity index (χ0) is 20.6. The number of aryl methyl sites for hydroxylation is 2. The standard InChI is InChI=1S/C22H33N5OS/c1-5-23-22(25-15-21-26-16(2)17(3)29-21)24-14-19(27-12-8-9-13-27)18-10-6-7-11-20(18)28-4/h6-7,10-11,19H,5,8-9,12-15H2,1-4H3,(H2,23,24,25). The molecule has 0 spiro atoms. The number of likely N-dealkylation sites (tertiary alicyclic amines) is 1. The highest BCUT2D eigenvalue weighted by Crippen LogP contribution is 2.31. The van der Waals surface area contributed by atoms with Crippen molar-refractivity contribution in [1.29, 1.82) is 0 Å². The van der Waals surface area contributed by atoms with E-state index < -0.39 is 0 Å². The topological polar surface area (TPSA) is 61.8 Å². The van der Waals surface area contributed by atoms with Crippen LogP contribution in [-0.4, -0.2) is 49.1 Å². The highest BCUT2D eigenvalue weighted by molar-refractivity contribution is 7.11. The number of benzene rings is 1. The summed E-state index contributed by atoms with van der Waals surface area (Å²) in [6.45, 7) is 10.7. The first kappa shape index (κ1) is 21.6. The summed E-state index contributed by atoms with van der Waals surface area (Å²) < 4.78 is 5.65.